The highest BCUT2D eigenvalue weighted by Gasteiger charge is 2.07. The molecule has 1 aromatic carbocycles. The first-order valence-corrected chi connectivity index (χ1v) is 5.70. The molecule has 3 aromatic rings. The average Bonchev–Trinajstić information content (AvgIpc) is 3.03. The quantitative estimate of drug-likeness (QED) is 0.549. The van der Waals surface area contributed by atoms with E-state index >= 15 is 0 Å². The Bertz CT molecular complexity index is 782. The lowest BCUT2D eigenvalue weighted by atomic mass is 10.2. The molecule has 1 amide bonds. The third-order valence-corrected chi connectivity index (χ3v) is 2.77. The van der Waals surface area contributed by atoms with Crippen molar-refractivity contribution in [2.24, 2.45) is 0 Å². The molecular formula is C12H11N5O2. The molecule has 0 fully saturated rings. The zero-order valence-electron chi connectivity index (χ0n) is 9.86. The summed E-state index contributed by atoms with van der Waals surface area (Å²) in [5.74, 6) is -0.210. The molecule has 4 N–H and O–H groups in total. The van der Waals surface area contributed by atoms with Gasteiger partial charge in [-0.05, 0) is 18.2 Å². The Morgan fingerprint density at radius 1 is 1.26 bits per heavy atom. The van der Waals surface area contributed by atoms with Gasteiger partial charge in [0.25, 0.3) is 11.5 Å². The predicted molar refractivity (Wildman–Crippen MR) is 68.7 cm³/mol. The number of fused-ring (bicyclic) bond motifs is 1. The lowest BCUT2D eigenvalue weighted by molar-refractivity contribution is 0.0950. The molecular weight excluding hydrogens is 246 g/mol. The van der Waals surface area contributed by atoms with Crippen LogP contribution in [0.1, 0.15) is 16.1 Å². The molecule has 0 atom stereocenters. The molecule has 2 heterocycles. The summed E-state index contributed by atoms with van der Waals surface area (Å²) in [6, 6.07) is 6.62. The number of H-pyrrole nitrogens is 3. The van der Waals surface area contributed by atoms with Gasteiger partial charge in [-0.25, -0.2) is 4.98 Å². The lowest BCUT2D eigenvalue weighted by Crippen LogP contribution is -2.22. The second kappa shape index (κ2) is 4.45. The Morgan fingerprint density at radius 3 is 2.95 bits per heavy atom. The maximum absolute atomic E-state index is 11.9. The molecule has 0 aliphatic rings. The van der Waals surface area contributed by atoms with Crippen molar-refractivity contribution in [2.45, 2.75) is 6.54 Å². The van der Waals surface area contributed by atoms with Crippen molar-refractivity contribution in [3.8, 4) is 0 Å². The first kappa shape index (κ1) is 11.3. The Morgan fingerprint density at radius 2 is 2.16 bits per heavy atom. The molecule has 0 aliphatic heterocycles. The number of aromatic amines is 3. The highest BCUT2D eigenvalue weighted by Crippen LogP contribution is 2.11. The molecule has 19 heavy (non-hydrogen) atoms. The minimum atomic E-state index is -0.219. The van der Waals surface area contributed by atoms with Crippen LogP contribution in [0.25, 0.3) is 11.0 Å². The van der Waals surface area contributed by atoms with E-state index in [0.717, 1.165) is 11.0 Å². The number of hydrogen-bond donors (Lipinski definition) is 4. The summed E-state index contributed by atoms with van der Waals surface area (Å²) >= 11 is 0. The van der Waals surface area contributed by atoms with Gasteiger partial charge < -0.3 is 15.4 Å². The Hall–Kier alpha value is -2.83. The fraction of sp³-hybridized carbons (Fsp3) is 0.0833. The number of amides is 1. The Balaban J connectivity index is 1.74. The van der Waals surface area contributed by atoms with Crippen molar-refractivity contribution in [2.75, 3.05) is 0 Å². The van der Waals surface area contributed by atoms with E-state index in [1.165, 1.54) is 6.07 Å². The van der Waals surface area contributed by atoms with E-state index in [1.807, 2.05) is 0 Å². The van der Waals surface area contributed by atoms with Gasteiger partial charge in [0.15, 0.2) is 0 Å². The molecule has 96 valence electrons. The van der Waals surface area contributed by atoms with Crippen LogP contribution in [-0.4, -0.2) is 26.1 Å². The van der Waals surface area contributed by atoms with Crippen molar-refractivity contribution >= 4 is 16.9 Å². The van der Waals surface area contributed by atoms with Gasteiger partial charge in [-0.2, -0.15) is 0 Å². The van der Waals surface area contributed by atoms with Crippen LogP contribution in [0.15, 0.2) is 35.4 Å². The number of carbonyl (C=O) groups is 1. The number of nitrogens with one attached hydrogen (secondary N) is 4. The number of imidazole rings is 1. The van der Waals surface area contributed by atoms with Gasteiger partial charge in [-0.1, -0.05) is 0 Å². The van der Waals surface area contributed by atoms with E-state index in [1.54, 1.807) is 24.5 Å². The van der Waals surface area contributed by atoms with Gasteiger partial charge in [0.2, 0.25) is 0 Å². The molecule has 0 bridgehead atoms. The normalized spacial score (nSPS) is 10.7. The minimum Gasteiger partial charge on any atom is -0.346 e. The maximum atomic E-state index is 11.9. The van der Waals surface area contributed by atoms with Gasteiger partial charge in [0, 0.05) is 11.6 Å². The second-order valence-corrected chi connectivity index (χ2v) is 4.10. The number of nitrogens with zero attached hydrogens (tertiary/aromatic N) is 1. The highest BCUT2D eigenvalue weighted by atomic mass is 16.1. The fourth-order valence-electron chi connectivity index (χ4n) is 1.82. The summed E-state index contributed by atoms with van der Waals surface area (Å²) in [5.41, 5.74) is 2.56. The molecule has 2 aromatic heterocycles. The number of rotatable bonds is 3. The molecule has 0 aliphatic carbocycles. The summed E-state index contributed by atoms with van der Waals surface area (Å²) in [6.07, 6.45) is 1.58. The summed E-state index contributed by atoms with van der Waals surface area (Å²) in [5, 5.41) is 7.80. The largest absolute Gasteiger partial charge is 0.346 e. The predicted octanol–water partition coefficient (Wildman–Crippen LogP) is 0.509. The van der Waals surface area contributed by atoms with Crippen molar-refractivity contribution in [1.82, 2.24) is 25.5 Å². The standard InChI is InChI=1S/C12H11N5O2/c18-11-4-8(16-17-11)5-13-12(19)7-1-2-9-10(3-7)15-6-14-9/h1-4,6H,5H2,(H,13,19)(H,14,15)(H2,16,17,18). The first-order valence-electron chi connectivity index (χ1n) is 5.70. The third-order valence-electron chi connectivity index (χ3n) is 2.77. The Labute approximate surface area is 107 Å². The van der Waals surface area contributed by atoms with Crippen LogP contribution in [0.5, 0.6) is 0 Å². The molecule has 0 saturated carbocycles. The van der Waals surface area contributed by atoms with Crippen LogP contribution < -0.4 is 10.9 Å². The maximum Gasteiger partial charge on any atom is 0.264 e. The van der Waals surface area contributed by atoms with Gasteiger partial charge in [-0.3, -0.25) is 14.7 Å². The van der Waals surface area contributed by atoms with Crippen LogP contribution in [0.2, 0.25) is 0 Å². The van der Waals surface area contributed by atoms with Crippen LogP contribution in [0, 0.1) is 0 Å². The zero-order chi connectivity index (χ0) is 13.2. The molecule has 7 nitrogen and oxygen atoms in total. The van der Waals surface area contributed by atoms with E-state index in [-0.39, 0.29) is 18.0 Å². The topological polar surface area (TPSA) is 106 Å². The molecule has 0 radical (unpaired) electrons. The van der Waals surface area contributed by atoms with E-state index in [0.29, 0.717) is 11.3 Å². The van der Waals surface area contributed by atoms with E-state index in [9.17, 15) is 9.59 Å². The molecule has 0 spiro atoms. The smallest absolute Gasteiger partial charge is 0.264 e. The number of aromatic nitrogens is 4. The average molecular weight is 257 g/mol. The lowest BCUT2D eigenvalue weighted by Gasteiger charge is -2.03. The van der Waals surface area contributed by atoms with Gasteiger partial charge in [0.05, 0.1) is 29.6 Å². The van der Waals surface area contributed by atoms with Crippen molar-refractivity contribution in [1.29, 1.82) is 0 Å². The van der Waals surface area contributed by atoms with Crippen molar-refractivity contribution in [3.05, 3.63) is 52.2 Å². The summed E-state index contributed by atoms with van der Waals surface area (Å²) < 4.78 is 0. The molecule has 7 heteroatoms. The molecule has 0 saturated heterocycles. The molecule has 0 unspecified atom stereocenters. The summed E-state index contributed by atoms with van der Waals surface area (Å²) in [6.45, 7) is 0.262. The number of carbonyl (C=O) groups excluding carboxylic acids is 1. The molecule has 3 rings (SSSR count). The zero-order valence-corrected chi connectivity index (χ0v) is 9.86. The summed E-state index contributed by atoms with van der Waals surface area (Å²) in [7, 11) is 0. The van der Waals surface area contributed by atoms with E-state index < -0.39 is 0 Å². The fourth-order valence-corrected chi connectivity index (χ4v) is 1.82. The monoisotopic (exact) mass is 257 g/mol. The van der Waals surface area contributed by atoms with E-state index in [2.05, 4.69) is 25.5 Å². The SMILES string of the molecule is O=C(NCc1cc(=O)[nH][nH]1)c1ccc2nc[nH]c2c1. The van der Waals surface area contributed by atoms with Crippen LogP contribution >= 0.6 is 0 Å². The van der Waals surface area contributed by atoms with Crippen LogP contribution in [0.3, 0.4) is 0 Å². The number of benzene rings is 1. The van der Waals surface area contributed by atoms with Gasteiger partial charge in [0.1, 0.15) is 0 Å². The second-order valence-electron chi connectivity index (χ2n) is 4.10. The van der Waals surface area contributed by atoms with Crippen LogP contribution in [-0.2, 0) is 6.54 Å². The highest BCUT2D eigenvalue weighted by molar-refractivity contribution is 5.97. The minimum absolute atomic E-state index is 0.210. The Kier molecular flexibility index (Phi) is 2.64. The van der Waals surface area contributed by atoms with Crippen LogP contribution in [0.4, 0.5) is 0 Å². The van der Waals surface area contributed by atoms with E-state index in [4.69, 9.17) is 0 Å². The van der Waals surface area contributed by atoms with Gasteiger partial charge >= 0.3 is 0 Å². The van der Waals surface area contributed by atoms with Crippen molar-refractivity contribution in [3.63, 3.8) is 0 Å². The van der Waals surface area contributed by atoms with Gasteiger partial charge in [-0.15, -0.1) is 0 Å². The first-order chi connectivity index (χ1) is 9.22. The van der Waals surface area contributed by atoms with Crippen molar-refractivity contribution < 1.29 is 4.79 Å². The number of hydrogen-bond acceptors (Lipinski definition) is 3. The summed E-state index contributed by atoms with van der Waals surface area (Å²) in [4.78, 5) is 29.9. The third kappa shape index (κ3) is 2.25.